The number of nitrogens with zero attached hydrogens (tertiary/aromatic N) is 2. The van der Waals surface area contributed by atoms with Gasteiger partial charge in [0.1, 0.15) is 0 Å². The average molecular weight is 251 g/mol. The first-order valence-corrected chi connectivity index (χ1v) is 6.27. The molecular weight excluding hydrogens is 234 g/mol. The summed E-state index contributed by atoms with van der Waals surface area (Å²) in [6.07, 6.45) is 4.44. The van der Waals surface area contributed by atoms with Crippen LogP contribution in [0.1, 0.15) is 23.6 Å². The number of pyridine rings is 1. The summed E-state index contributed by atoms with van der Waals surface area (Å²) in [6.45, 7) is 2.65. The second-order valence-electron chi connectivity index (χ2n) is 5.00. The minimum absolute atomic E-state index is 0.185. The van der Waals surface area contributed by atoms with E-state index in [2.05, 4.69) is 24.0 Å². The van der Waals surface area contributed by atoms with E-state index >= 15 is 0 Å². The first kappa shape index (κ1) is 13.3. The van der Waals surface area contributed by atoms with Gasteiger partial charge in [-0.05, 0) is 35.7 Å². The van der Waals surface area contributed by atoms with E-state index in [-0.39, 0.29) is 5.41 Å². The largest absolute Gasteiger partial charge is 0.330 e. The lowest BCUT2D eigenvalue weighted by molar-refractivity contribution is 0.480. The third kappa shape index (κ3) is 2.98. The zero-order valence-corrected chi connectivity index (χ0v) is 11.0. The molecule has 1 aromatic carbocycles. The monoisotopic (exact) mass is 251 g/mol. The van der Waals surface area contributed by atoms with E-state index in [1.807, 2.05) is 36.5 Å². The molecule has 0 fully saturated rings. The molecule has 0 saturated carbocycles. The van der Waals surface area contributed by atoms with Gasteiger partial charge in [0, 0.05) is 24.4 Å². The Hall–Kier alpha value is -2.18. The highest BCUT2D eigenvalue weighted by Crippen LogP contribution is 2.27. The third-order valence-electron chi connectivity index (χ3n) is 3.46. The quantitative estimate of drug-likeness (QED) is 0.907. The highest BCUT2D eigenvalue weighted by atomic mass is 14.6. The smallest absolute Gasteiger partial charge is 0.0991 e. The lowest BCUT2D eigenvalue weighted by Gasteiger charge is -2.29. The third-order valence-corrected chi connectivity index (χ3v) is 3.46. The molecule has 0 radical (unpaired) electrons. The van der Waals surface area contributed by atoms with Crippen LogP contribution < -0.4 is 5.73 Å². The van der Waals surface area contributed by atoms with Crippen molar-refractivity contribution in [2.24, 2.45) is 5.73 Å². The van der Waals surface area contributed by atoms with Crippen LogP contribution in [0.4, 0.5) is 0 Å². The maximum atomic E-state index is 9.00. The van der Waals surface area contributed by atoms with Crippen molar-refractivity contribution in [3.8, 4) is 6.07 Å². The van der Waals surface area contributed by atoms with Crippen molar-refractivity contribution in [2.45, 2.75) is 18.8 Å². The highest BCUT2D eigenvalue weighted by molar-refractivity contribution is 5.37. The molecule has 2 aromatic rings. The summed E-state index contributed by atoms with van der Waals surface area (Å²) in [7, 11) is 0. The summed E-state index contributed by atoms with van der Waals surface area (Å²) < 4.78 is 0. The van der Waals surface area contributed by atoms with Gasteiger partial charge in [-0.3, -0.25) is 4.98 Å². The molecule has 1 heterocycles. The number of aromatic nitrogens is 1. The fraction of sp³-hybridized carbons (Fsp3) is 0.250. The van der Waals surface area contributed by atoms with E-state index in [0.717, 1.165) is 17.5 Å². The van der Waals surface area contributed by atoms with E-state index in [9.17, 15) is 0 Å². The van der Waals surface area contributed by atoms with Crippen molar-refractivity contribution in [1.82, 2.24) is 4.98 Å². The molecule has 0 aliphatic rings. The lowest BCUT2D eigenvalue weighted by Crippen LogP contribution is -2.34. The van der Waals surface area contributed by atoms with Crippen molar-refractivity contribution in [1.29, 1.82) is 5.26 Å². The first-order chi connectivity index (χ1) is 9.18. The fourth-order valence-electron chi connectivity index (χ4n) is 2.21. The Balaban J connectivity index is 2.34. The Kier molecular flexibility index (Phi) is 3.94. The maximum Gasteiger partial charge on any atom is 0.0991 e. The zero-order chi connectivity index (χ0) is 13.7. The second-order valence-corrected chi connectivity index (χ2v) is 5.00. The summed E-state index contributed by atoms with van der Waals surface area (Å²) in [5.41, 5.74) is 8.71. The Labute approximate surface area is 113 Å². The highest BCUT2D eigenvalue weighted by Gasteiger charge is 2.25. The Bertz CT molecular complexity index is 586. The van der Waals surface area contributed by atoms with Crippen LogP contribution in [0.15, 0.2) is 48.8 Å². The second kappa shape index (κ2) is 5.64. The van der Waals surface area contributed by atoms with Gasteiger partial charge < -0.3 is 5.73 Å². The molecule has 0 spiro atoms. The molecule has 1 atom stereocenters. The Morgan fingerprint density at radius 3 is 2.79 bits per heavy atom. The molecule has 2 N–H and O–H groups in total. The van der Waals surface area contributed by atoms with E-state index in [0.29, 0.717) is 12.1 Å². The van der Waals surface area contributed by atoms with Crippen LogP contribution in [-0.2, 0) is 11.8 Å². The average Bonchev–Trinajstić information content (AvgIpc) is 2.48. The number of benzene rings is 1. The molecule has 0 saturated heterocycles. The van der Waals surface area contributed by atoms with Crippen LogP contribution in [-0.4, -0.2) is 11.5 Å². The van der Waals surface area contributed by atoms with Gasteiger partial charge in [0.25, 0.3) is 0 Å². The standard InChI is InChI=1S/C16H17N3/c1-16(12-18,9-14-5-3-7-19-11-14)15-6-2-4-13(8-15)10-17/h2-8,11H,9,12,18H2,1H3. The molecule has 0 aliphatic heterocycles. The van der Waals surface area contributed by atoms with Crippen LogP contribution in [0.3, 0.4) is 0 Å². The van der Waals surface area contributed by atoms with Crippen molar-refractivity contribution in [3.63, 3.8) is 0 Å². The molecule has 3 heteroatoms. The van der Waals surface area contributed by atoms with Crippen molar-refractivity contribution in [3.05, 3.63) is 65.5 Å². The molecule has 1 aromatic heterocycles. The summed E-state index contributed by atoms with van der Waals surface area (Å²) in [5.74, 6) is 0. The maximum absolute atomic E-state index is 9.00. The number of hydrogen-bond donors (Lipinski definition) is 1. The molecule has 0 aliphatic carbocycles. The van der Waals surface area contributed by atoms with Crippen LogP contribution in [0.2, 0.25) is 0 Å². The number of rotatable bonds is 4. The van der Waals surface area contributed by atoms with Gasteiger partial charge in [-0.2, -0.15) is 5.26 Å². The van der Waals surface area contributed by atoms with Gasteiger partial charge in [-0.1, -0.05) is 25.1 Å². The van der Waals surface area contributed by atoms with Gasteiger partial charge in [0.2, 0.25) is 0 Å². The number of nitrogens with two attached hydrogens (primary N) is 1. The molecule has 19 heavy (non-hydrogen) atoms. The van der Waals surface area contributed by atoms with Crippen molar-refractivity contribution >= 4 is 0 Å². The normalized spacial score (nSPS) is 13.5. The molecule has 1 unspecified atom stereocenters. The van der Waals surface area contributed by atoms with Crippen molar-refractivity contribution < 1.29 is 0 Å². The predicted octanol–water partition coefficient (Wildman–Crippen LogP) is 2.41. The van der Waals surface area contributed by atoms with Crippen molar-refractivity contribution in [2.75, 3.05) is 6.54 Å². The molecule has 96 valence electrons. The lowest BCUT2D eigenvalue weighted by atomic mass is 9.77. The summed E-state index contributed by atoms with van der Waals surface area (Å²) in [5, 5.41) is 9.00. The van der Waals surface area contributed by atoms with E-state index in [1.54, 1.807) is 6.20 Å². The SMILES string of the molecule is CC(CN)(Cc1cccnc1)c1cccc(C#N)c1. The minimum Gasteiger partial charge on any atom is -0.330 e. The minimum atomic E-state index is -0.185. The molecule has 2 rings (SSSR count). The van der Waals surface area contributed by atoms with Gasteiger partial charge in [-0.25, -0.2) is 0 Å². The van der Waals surface area contributed by atoms with Crippen LogP contribution in [0.5, 0.6) is 0 Å². The van der Waals surface area contributed by atoms with Gasteiger partial charge in [0.05, 0.1) is 11.6 Å². The number of nitriles is 1. The predicted molar refractivity (Wildman–Crippen MR) is 75.5 cm³/mol. The number of hydrogen-bond acceptors (Lipinski definition) is 3. The van der Waals surface area contributed by atoms with E-state index in [1.165, 1.54) is 0 Å². The van der Waals surface area contributed by atoms with Gasteiger partial charge in [0.15, 0.2) is 0 Å². The fourth-order valence-corrected chi connectivity index (χ4v) is 2.21. The zero-order valence-electron chi connectivity index (χ0n) is 11.0. The molecule has 3 nitrogen and oxygen atoms in total. The van der Waals surface area contributed by atoms with Gasteiger partial charge in [-0.15, -0.1) is 0 Å². The van der Waals surface area contributed by atoms with Gasteiger partial charge >= 0.3 is 0 Å². The van der Waals surface area contributed by atoms with Crippen LogP contribution in [0.25, 0.3) is 0 Å². The van der Waals surface area contributed by atoms with E-state index in [4.69, 9.17) is 11.0 Å². The first-order valence-electron chi connectivity index (χ1n) is 6.27. The van der Waals surface area contributed by atoms with E-state index < -0.39 is 0 Å². The van der Waals surface area contributed by atoms with Crippen LogP contribution >= 0.6 is 0 Å². The Morgan fingerprint density at radius 1 is 1.32 bits per heavy atom. The topological polar surface area (TPSA) is 62.7 Å². The molecule has 0 amide bonds. The molecule has 0 bridgehead atoms. The van der Waals surface area contributed by atoms with Crippen LogP contribution in [0, 0.1) is 11.3 Å². The Morgan fingerprint density at radius 2 is 2.16 bits per heavy atom. The summed E-state index contributed by atoms with van der Waals surface area (Å²) >= 11 is 0. The molecular formula is C16H17N3. The summed E-state index contributed by atoms with van der Waals surface area (Å²) in [4.78, 5) is 4.14. The summed E-state index contributed by atoms with van der Waals surface area (Å²) in [6, 6.07) is 13.8.